The van der Waals surface area contributed by atoms with Crippen molar-refractivity contribution in [2.75, 3.05) is 0 Å². The smallest absolute Gasteiger partial charge is 0.189 e. The average molecular weight is 453 g/mol. The Labute approximate surface area is 167 Å². The van der Waals surface area contributed by atoms with Crippen LogP contribution in [0, 0.1) is 6.92 Å². The van der Waals surface area contributed by atoms with Gasteiger partial charge in [0, 0.05) is 25.0 Å². The quantitative estimate of drug-likeness (QED) is 0.413. The van der Waals surface area contributed by atoms with E-state index in [9.17, 15) is 0 Å². The Balaban J connectivity index is 0.00000225. The van der Waals surface area contributed by atoms with Crippen LogP contribution in [0.15, 0.2) is 41.7 Å². The summed E-state index contributed by atoms with van der Waals surface area (Å²) in [5.74, 6) is 1.59. The second kappa shape index (κ2) is 9.79. The van der Waals surface area contributed by atoms with Crippen LogP contribution in [0.4, 0.5) is 0 Å². The van der Waals surface area contributed by atoms with Gasteiger partial charge in [0.25, 0.3) is 0 Å². The summed E-state index contributed by atoms with van der Waals surface area (Å²) in [6, 6.07) is 9.00. The number of benzene rings is 1. The fourth-order valence-corrected chi connectivity index (χ4v) is 3.27. The van der Waals surface area contributed by atoms with Crippen molar-refractivity contribution in [3.05, 3.63) is 53.6 Å². The maximum atomic E-state index is 6.05. The predicted octanol–water partition coefficient (Wildman–Crippen LogP) is 3.59. The summed E-state index contributed by atoms with van der Waals surface area (Å²) < 4.78 is 2.14. The summed E-state index contributed by atoms with van der Waals surface area (Å²) in [5.41, 5.74) is 8.48. The van der Waals surface area contributed by atoms with Crippen LogP contribution >= 0.6 is 24.0 Å². The molecule has 1 fully saturated rings. The van der Waals surface area contributed by atoms with Crippen molar-refractivity contribution in [3.8, 4) is 0 Å². The first-order valence-electron chi connectivity index (χ1n) is 8.83. The number of hydrogen-bond donors (Lipinski definition) is 2. The van der Waals surface area contributed by atoms with Gasteiger partial charge in [0.15, 0.2) is 5.96 Å². The van der Waals surface area contributed by atoms with E-state index in [1.54, 1.807) is 0 Å². The predicted molar refractivity (Wildman–Crippen MR) is 113 cm³/mol. The van der Waals surface area contributed by atoms with Gasteiger partial charge < -0.3 is 15.6 Å². The Hall–Kier alpha value is -1.57. The lowest BCUT2D eigenvalue weighted by molar-refractivity contribution is 0.412. The molecular formula is C19H28IN5. The fourth-order valence-electron chi connectivity index (χ4n) is 3.27. The van der Waals surface area contributed by atoms with Crippen molar-refractivity contribution in [3.63, 3.8) is 0 Å². The van der Waals surface area contributed by atoms with Crippen LogP contribution in [0.5, 0.6) is 0 Å². The molecule has 0 saturated heterocycles. The SMILES string of the molecule is Cc1nccn1Cc1cccc(CN=C(N)NC2CCCCC2)c1.I. The molecule has 1 aromatic carbocycles. The monoisotopic (exact) mass is 453 g/mol. The zero-order valence-corrected chi connectivity index (χ0v) is 17.1. The van der Waals surface area contributed by atoms with Crippen LogP contribution in [0.25, 0.3) is 0 Å². The Bertz CT molecular complexity index is 689. The summed E-state index contributed by atoms with van der Waals surface area (Å²) >= 11 is 0. The molecule has 2 aromatic rings. The number of nitrogens with zero attached hydrogens (tertiary/aromatic N) is 3. The first-order chi connectivity index (χ1) is 11.7. The lowest BCUT2D eigenvalue weighted by atomic mass is 9.96. The second-order valence-corrected chi connectivity index (χ2v) is 6.60. The molecule has 0 bridgehead atoms. The molecule has 3 rings (SSSR count). The number of aromatic nitrogens is 2. The van der Waals surface area contributed by atoms with Gasteiger partial charge in [-0.25, -0.2) is 9.98 Å². The van der Waals surface area contributed by atoms with Gasteiger partial charge in [-0.3, -0.25) is 0 Å². The first-order valence-corrected chi connectivity index (χ1v) is 8.83. The van der Waals surface area contributed by atoms with Gasteiger partial charge >= 0.3 is 0 Å². The van der Waals surface area contributed by atoms with Gasteiger partial charge in [0.1, 0.15) is 5.82 Å². The second-order valence-electron chi connectivity index (χ2n) is 6.60. The third kappa shape index (κ3) is 6.02. The molecule has 1 aliphatic carbocycles. The Morgan fingerprint density at radius 2 is 2.04 bits per heavy atom. The van der Waals surface area contributed by atoms with Crippen LogP contribution in [0.1, 0.15) is 49.1 Å². The maximum absolute atomic E-state index is 6.05. The molecule has 25 heavy (non-hydrogen) atoms. The number of imidazole rings is 1. The molecule has 1 aliphatic rings. The van der Waals surface area contributed by atoms with Crippen molar-refractivity contribution in [2.45, 2.75) is 58.2 Å². The van der Waals surface area contributed by atoms with Crippen molar-refractivity contribution >= 4 is 29.9 Å². The van der Waals surface area contributed by atoms with Crippen molar-refractivity contribution in [2.24, 2.45) is 10.7 Å². The number of aryl methyl sites for hydroxylation is 1. The van der Waals surface area contributed by atoms with E-state index in [1.807, 2.05) is 19.3 Å². The number of nitrogens with one attached hydrogen (secondary N) is 1. The van der Waals surface area contributed by atoms with E-state index in [-0.39, 0.29) is 24.0 Å². The Morgan fingerprint density at radius 3 is 2.76 bits per heavy atom. The molecule has 6 heteroatoms. The highest BCUT2D eigenvalue weighted by molar-refractivity contribution is 14.0. The number of aliphatic imine (C=N–C) groups is 1. The molecule has 5 nitrogen and oxygen atoms in total. The molecule has 3 N–H and O–H groups in total. The van der Waals surface area contributed by atoms with E-state index in [4.69, 9.17) is 5.73 Å². The zero-order valence-electron chi connectivity index (χ0n) is 14.8. The van der Waals surface area contributed by atoms with E-state index in [1.165, 1.54) is 43.2 Å². The number of halogens is 1. The summed E-state index contributed by atoms with van der Waals surface area (Å²) in [7, 11) is 0. The lowest BCUT2D eigenvalue weighted by Crippen LogP contribution is -2.41. The Kier molecular flexibility index (Phi) is 7.74. The van der Waals surface area contributed by atoms with Gasteiger partial charge in [0.05, 0.1) is 6.54 Å². The van der Waals surface area contributed by atoms with E-state index in [2.05, 4.69) is 44.1 Å². The largest absolute Gasteiger partial charge is 0.370 e. The van der Waals surface area contributed by atoms with Crippen molar-refractivity contribution in [1.82, 2.24) is 14.9 Å². The van der Waals surface area contributed by atoms with E-state index < -0.39 is 0 Å². The maximum Gasteiger partial charge on any atom is 0.189 e. The fraction of sp³-hybridized carbons (Fsp3) is 0.474. The molecule has 0 amide bonds. The van der Waals surface area contributed by atoms with Gasteiger partial charge in [-0.05, 0) is 30.9 Å². The zero-order chi connectivity index (χ0) is 16.8. The highest BCUT2D eigenvalue weighted by Gasteiger charge is 2.13. The van der Waals surface area contributed by atoms with Crippen LogP contribution in [-0.2, 0) is 13.1 Å². The summed E-state index contributed by atoms with van der Waals surface area (Å²) in [4.78, 5) is 8.77. The molecule has 0 radical (unpaired) electrons. The van der Waals surface area contributed by atoms with Crippen LogP contribution in [-0.4, -0.2) is 21.6 Å². The summed E-state index contributed by atoms with van der Waals surface area (Å²) in [6.07, 6.45) is 10.2. The molecule has 0 aliphatic heterocycles. The normalized spacial score (nSPS) is 15.6. The van der Waals surface area contributed by atoms with Crippen molar-refractivity contribution in [1.29, 1.82) is 0 Å². The number of nitrogens with two attached hydrogens (primary N) is 1. The summed E-state index contributed by atoms with van der Waals surface area (Å²) in [5, 5.41) is 3.36. The minimum Gasteiger partial charge on any atom is -0.370 e. The molecule has 136 valence electrons. The number of guanidine groups is 1. The van der Waals surface area contributed by atoms with E-state index in [0.29, 0.717) is 18.5 Å². The minimum absolute atomic E-state index is 0. The number of rotatable bonds is 5. The molecular weight excluding hydrogens is 425 g/mol. The number of hydrogen-bond acceptors (Lipinski definition) is 2. The molecule has 0 unspecified atom stereocenters. The molecule has 0 spiro atoms. The van der Waals surface area contributed by atoms with Crippen LogP contribution < -0.4 is 11.1 Å². The third-order valence-electron chi connectivity index (χ3n) is 4.66. The standard InChI is InChI=1S/C19H27N5.HI/c1-15-21-10-11-24(15)14-17-7-5-6-16(12-17)13-22-19(20)23-18-8-3-2-4-9-18;/h5-7,10-12,18H,2-4,8-9,13-14H2,1H3,(H3,20,22,23);1H. The van der Waals surface area contributed by atoms with Crippen LogP contribution in [0.3, 0.4) is 0 Å². The molecule has 1 heterocycles. The summed E-state index contributed by atoms with van der Waals surface area (Å²) in [6.45, 7) is 3.47. The lowest BCUT2D eigenvalue weighted by Gasteiger charge is -2.23. The third-order valence-corrected chi connectivity index (χ3v) is 4.66. The highest BCUT2D eigenvalue weighted by atomic mass is 127. The first kappa shape index (κ1) is 19.8. The van der Waals surface area contributed by atoms with E-state index >= 15 is 0 Å². The van der Waals surface area contributed by atoms with E-state index in [0.717, 1.165) is 12.4 Å². The highest BCUT2D eigenvalue weighted by Crippen LogP contribution is 2.17. The van der Waals surface area contributed by atoms with Gasteiger partial charge in [0.2, 0.25) is 0 Å². The minimum atomic E-state index is 0. The van der Waals surface area contributed by atoms with Crippen LogP contribution in [0.2, 0.25) is 0 Å². The van der Waals surface area contributed by atoms with Gasteiger partial charge in [-0.2, -0.15) is 0 Å². The Morgan fingerprint density at radius 1 is 1.28 bits per heavy atom. The topological polar surface area (TPSA) is 68.2 Å². The van der Waals surface area contributed by atoms with Crippen molar-refractivity contribution < 1.29 is 0 Å². The van der Waals surface area contributed by atoms with Gasteiger partial charge in [-0.15, -0.1) is 24.0 Å². The molecule has 1 aromatic heterocycles. The molecule has 0 atom stereocenters. The average Bonchev–Trinajstić information content (AvgIpc) is 2.99. The van der Waals surface area contributed by atoms with Gasteiger partial charge in [-0.1, -0.05) is 43.5 Å². The molecule has 1 saturated carbocycles.